The van der Waals surface area contributed by atoms with E-state index in [-0.39, 0.29) is 0 Å². The zero-order valence-electron chi connectivity index (χ0n) is 9.61. The molecule has 1 aromatic carbocycles. The summed E-state index contributed by atoms with van der Waals surface area (Å²) in [6, 6.07) is 7.67. The van der Waals surface area contributed by atoms with Gasteiger partial charge in [-0.1, -0.05) is 25.1 Å². The lowest BCUT2D eigenvalue weighted by Crippen LogP contribution is -2.26. The lowest BCUT2D eigenvalue weighted by atomic mass is 9.92. The molecule has 1 aliphatic heterocycles. The molecule has 0 amide bonds. The monoisotopic (exact) mass is 222 g/mol. The highest BCUT2D eigenvalue weighted by Crippen LogP contribution is 2.36. The van der Waals surface area contributed by atoms with Crippen molar-refractivity contribution in [3.63, 3.8) is 0 Å². The van der Waals surface area contributed by atoms with Crippen molar-refractivity contribution in [1.29, 1.82) is 0 Å². The number of hydrogen-bond acceptors (Lipinski definition) is 3. The molecule has 0 radical (unpaired) electrons. The minimum atomic E-state index is -0.871. The van der Waals surface area contributed by atoms with E-state index in [0.29, 0.717) is 26.2 Å². The molecule has 3 nitrogen and oxygen atoms in total. The Labute approximate surface area is 96.0 Å². The van der Waals surface area contributed by atoms with Crippen molar-refractivity contribution < 1.29 is 14.6 Å². The van der Waals surface area contributed by atoms with Crippen LogP contribution in [0.15, 0.2) is 24.3 Å². The summed E-state index contributed by atoms with van der Waals surface area (Å²) in [6.07, 6.45) is 1.60. The second kappa shape index (κ2) is 4.85. The zero-order chi connectivity index (χ0) is 11.4. The first kappa shape index (κ1) is 11.4. The topological polar surface area (TPSA) is 38.7 Å². The van der Waals surface area contributed by atoms with Crippen molar-refractivity contribution in [1.82, 2.24) is 0 Å². The molecule has 1 aliphatic rings. The molecule has 1 aromatic rings. The Kier molecular flexibility index (Phi) is 3.46. The summed E-state index contributed by atoms with van der Waals surface area (Å²) in [5.74, 6) is 0.775. The first-order valence-electron chi connectivity index (χ1n) is 5.79. The van der Waals surface area contributed by atoms with E-state index in [1.807, 2.05) is 24.3 Å². The molecule has 0 bridgehead atoms. The van der Waals surface area contributed by atoms with Crippen LogP contribution in [0.4, 0.5) is 0 Å². The molecular weight excluding hydrogens is 204 g/mol. The van der Waals surface area contributed by atoms with Crippen molar-refractivity contribution in [2.24, 2.45) is 0 Å². The molecule has 0 aromatic heterocycles. The summed E-state index contributed by atoms with van der Waals surface area (Å²) in [6.45, 7) is 3.71. The highest BCUT2D eigenvalue weighted by atomic mass is 16.5. The fourth-order valence-corrected chi connectivity index (χ4v) is 1.96. The van der Waals surface area contributed by atoms with E-state index in [0.717, 1.165) is 17.7 Å². The minimum absolute atomic E-state index is 0.361. The summed E-state index contributed by atoms with van der Waals surface area (Å²) in [5.41, 5.74) is -0.0226. The van der Waals surface area contributed by atoms with Gasteiger partial charge < -0.3 is 14.6 Å². The summed E-state index contributed by atoms with van der Waals surface area (Å²) in [7, 11) is 0. The van der Waals surface area contributed by atoms with Crippen molar-refractivity contribution >= 4 is 0 Å². The number of rotatable bonds is 4. The van der Waals surface area contributed by atoms with Crippen molar-refractivity contribution in [2.75, 3.05) is 19.8 Å². The molecule has 0 saturated carbocycles. The second-order valence-electron chi connectivity index (χ2n) is 4.18. The van der Waals surface area contributed by atoms with Crippen LogP contribution in [0.25, 0.3) is 0 Å². The highest BCUT2D eigenvalue weighted by Gasteiger charge is 2.36. The van der Waals surface area contributed by atoms with Crippen LogP contribution in [0.5, 0.6) is 5.75 Å². The van der Waals surface area contributed by atoms with Gasteiger partial charge in [0.1, 0.15) is 11.4 Å². The molecule has 16 heavy (non-hydrogen) atoms. The fraction of sp³-hybridized carbons (Fsp3) is 0.538. The van der Waals surface area contributed by atoms with Gasteiger partial charge in [-0.25, -0.2) is 0 Å². The van der Waals surface area contributed by atoms with Gasteiger partial charge in [0.15, 0.2) is 0 Å². The molecule has 2 rings (SSSR count). The van der Waals surface area contributed by atoms with Crippen LogP contribution in [0.2, 0.25) is 0 Å². The van der Waals surface area contributed by atoms with E-state index < -0.39 is 5.60 Å². The van der Waals surface area contributed by atoms with Crippen LogP contribution in [-0.4, -0.2) is 24.9 Å². The molecule has 1 saturated heterocycles. The molecular formula is C13H18O3. The predicted octanol–water partition coefficient (Wildman–Crippen LogP) is 2.08. The molecule has 1 heterocycles. The van der Waals surface area contributed by atoms with Crippen LogP contribution in [0.1, 0.15) is 25.3 Å². The van der Waals surface area contributed by atoms with Crippen LogP contribution in [0.3, 0.4) is 0 Å². The van der Waals surface area contributed by atoms with Gasteiger partial charge in [0, 0.05) is 18.6 Å². The lowest BCUT2D eigenvalue weighted by molar-refractivity contribution is 0.0207. The van der Waals surface area contributed by atoms with Crippen molar-refractivity contribution in [2.45, 2.75) is 25.4 Å². The lowest BCUT2D eigenvalue weighted by Gasteiger charge is -2.23. The third-order valence-corrected chi connectivity index (χ3v) is 2.85. The van der Waals surface area contributed by atoms with Crippen molar-refractivity contribution in [3.05, 3.63) is 29.8 Å². The van der Waals surface area contributed by atoms with E-state index in [1.54, 1.807) is 0 Å². The Morgan fingerprint density at radius 3 is 2.94 bits per heavy atom. The quantitative estimate of drug-likeness (QED) is 0.847. The molecule has 0 spiro atoms. The van der Waals surface area contributed by atoms with Crippen LogP contribution in [-0.2, 0) is 10.3 Å². The number of para-hydroxylation sites is 1. The van der Waals surface area contributed by atoms with Gasteiger partial charge in [0.25, 0.3) is 0 Å². The summed E-state index contributed by atoms with van der Waals surface area (Å²) >= 11 is 0. The first-order chi connectivity index (χ1) is 7.76. The maximum Gasteiger partial charge on any atom is 0.125 e. The molecule has 1 N–H and O–H groups in total. The van der Waals surface area contributed by atoms with E-state index in [4.69, 9.17) is 9.47 Å². The molecule has 1 atom stereocenters. The molecule has 1 unspecified atom stereocenters. The molecule has 1 fully saturated rings. The minimum Gasteiger partial charge on any atom is -0.493 e. The van der Waals surface area contributed by atoms with Crippen LogP contribution >= 0.6 is 0 Å². The number of hydrogen-bond donors (Lipinski definition) is 1. The van der Waals surface area contributed by atoms with Crippen molar-refractivity contribution in [3.8, 4) is 5.75 Å². The first-order valence-corrected chi connectivity index (χ1v) is 5.79. The maximum absolute atomic E-state index is 10.4. The van der Waals surface area contributed by atoms with Gasteiger partial charge in [0.2, 0.25) is 0 Å². The predicted molar refractivity (Wildman–Crippen MR) is 61.6 cm³/mol. The highest BCUT2D eigenvalue weighted by molar-refractivity contribution is 5.38. The SMILES string of the molecule is CCCOc1ccccc1C1(O)CCOC1. The third kappa shape index (κ3) is 2.20. The number of aliphatic hydroxyl groups is 1. The van der Waals surface area contributed by atoms with E-state index >= 15 is 0 Å². The Morgan fingerprint density at radius 2 is 2.25 bits per heavy atom. The maximum atomic E-state index is 10.4. The van der Waals surface area contributed by atoms with Gasteiger partial charge in [0.05, 0.1) is 13.2 Å². The summed E-state index contributed by atoms with van der Waals surface area (Å²) in [4.78, 5) is 0. The normalized spacial score (nSPS) is 24.6. The smallest absolute Gasteiger partial charge is 0.125 e. The average Bonchev–Trinajstić information content (AvgIpc) is 2.75. The second-order valence-corrected chi connectivity index (χ2v) is 4.18. The van der Waals surface area contributed by atoms with Gasteiger partial charge in [-0.15, -0.1) is 0 Å². The zero-order valence-corrected chi connectivity index (χ0v) is 9.61. The summed E-state index contributed by atoms with van der Waals surface area (Å²) in [5, 5.41) is 10.4. The van der Waals surface area contributed by atoms with Gasteiger partial charge in [-0.2, -0.15) is 0 Å². The van der Waals surface area contributed by atoms with Crippen LogP contribution < -0.4 is 4.74 Å². The third-order valence-electron chi connectivity index (χ3n) is 2.85. The summed E-state index contributed by atoms with van der Waals surface area (Å²) < 4.78 is 10.9. The van der Waals surface area contributed by atoms with Gasteiger partial charge in [-0.3, -0.25) is 0 Å². The van der Waals surface area contributed by atoms with E-state index in [2.05, 4.69) is 6.92 Å². The molecule has 88 valence electrons. The fourth-order valence-electron chi connectivity index (χ4n) is 1.96. The number of benzene rings is 1. The largest absolute Gasteiger partial charge is 0.493 e. The van der Waals surface area contributed by atoms with Crippen LogP contribution in [0, 0.1) is 0 Å². The standard InChI is InChI=1S/C13H18O3/c1-2-8-16-12-6-4-3-5-11(12)13(14)7-9-15-10-13/h3-6,14H,2,7-10H2,1H3. The van der Waals surface area contributed by atoms with Gasteiger partial charge >= 0.3 is 0 Å². The number of ether oxygens (including phenoxy) is 2. The Balaban J connectivity index is 2.24. The Morgan fingerprint density at radius 1 is 1.44 bits per heavy atom. The Hall–Kier alpha value is -1.06. The average molecular weight is 222 g/mol. The van der Waals surface area contributed by atoms with E-state index in [1.165, 1.54) is 0 Å². The molecule has 0 aliphatic carbocycles. The molecule has 3 heteroatoms. The Bertz CT molecular complexity index is 343. The van der Waals surface area contributed by atoms with E-state index in [9.17, 15) is 5.11 Å². The van der Waals surface area contributed by atoms with Gasteiger partial charge in [-0.05, 0) is 12.5 Å².